The van der Waals surface area contributed by atoms with E-state index in [0.29, 0.717) is 0 Å². The fourth-order valence-corrected chi connectivity index (χ4v) is 1.81. The minimum atomic E-state index is 1.05. The summed E-state index contributed by atoms with van der Waals surface area (Å²) in [6, 6.07) is 6.48. The van der Waals surface area contributed by atoms with Gasteiger partial charge >= 0.3 is 0 Å². The third-order valence-corrected chi connectivity index (χ3v) is 2.42. The highest BCUT2D eigenvalue weighted by Gasteiger charge is 2.08. The maximum atomic E-state index is 3.44. The molecule has 2 rings (SSSR count). The van der Waals surface area contributed by atoms with Crippen LogP contribution in [0, 0.1) is 0 Å². The van der Waals surface area contributed by atoms with Gasteiger partial charge in [0.2, 0.25) is 0 Å². The average molecular weight is 209 g/mol. The van der Waals surface area contributed by atoms with Crippen LogP contribution in [0.2, 0.25) is 0 Å². The predicted molar refractivity (Wildman–Crippen MR) is 52.9 cm³/mol. The first-order valence-corrected chi connectivity index (χ1v) is 4.90. The highest BCUT2D eigenvalue weighted by Crippen LogP contribution is 2.27. The molecule has 1 aromatic carbocycles. The first kappa shape index (κ1) is 7.11. The summed E-state index contributed by atoms with van der Waals surface area (Å²) in [7, 11) is 0. The number of benzene rings is 1. The summed E-state index contributed by atoms with van der Waals surface area (Å²) in [4.78, 5) is 0. The lowest BCUT2D eigenvalue weighted by Crippen LogP contribution is -1.97. The molecule has 0 radical (unpaired) electrons. The third-order valence-electron chi connectivity index (χ3n) is 2.02. The van der Waals surface area contributed by atoms with E-state index in [9.17, 15) is 0 Å². The Morgan fingerprint density at radius 3 is 2.73 bits per heavy atom. The van der Waals surface area contributed by atoms with E-state index in [4.69, 9.17) is 0 Å². The molecule has 1 aliphatic carbocycles. The lowest BCUT2D eigenvalue weighted by Gasteiger charge is -2.14. The Labute approximate surface area is 75.1 Å². The Morgan fingerprint density at radius 2 is 2.09 bits per heavy atom. The van der Waals surface area contributed by atoms with Gasteiger partial charge in [-0.25, -0.2) is 0 Å². The molecule has 56 valence electrons. The molecule has 1 aliphatic rings. The Balaban J connectivity index is 2.36. The number of rotatable bonds is 2. The smallest absolute Gasteiger partial charge is 0.00720 e. The zero-order chi connectivity index (χ0) is 7.68. The number of aryl methyl sites for hydroxylation is 1. The molecule has 0 fully saturated rings. The summed E-state index contributed by atoms with van der Waals surface area (Å²) in [5.41, 5.74) is 4.29. The van der Waals surface area contributed by atoms with Gasteiger partial charge in [-0.3, -0.25) is 0 Å². The summed E-state index contributed by atoms with van der Waals surface area (Å²) < 4.78 is 0. The predicted octanol–water partition coefficient (Wildman–Crippen LogP) is 3.11. The number of hydrogen-bond donors (Lipinski definition) is 0. The standard InChI is InChI=1S/C10H9Br/c11-7-6-9-3-1-2-8-4-5-10(8)9/h1-5H,6-7H2. The maximum Gasteiger partial charge on any atom is 0.00720 e. The molecule has 1 aromatic rings. The molecular weight excluding hydrogens is 200 g/mol. The molecule has 0 saturated carbocycles. The van der Waals surface area contributed by atoms with Crippen molar-refractivity contribution in [3.8, 4) is 0 Å². The van der Waals surface area contributed by atoms with Crippen LogP contribution in [0.5, 0.6) is 0 Å². The first-order valence-electron chi connectivity index (χ1n) is 3.78. The normalized spacial score (nSPS) is 12.5. The molecule has 0 unspecified atom stereocenters. The molecule has 0 aliphatic heterocycles. The molecule has 0 N–H and O–H groups in total. The van der Waals surface area contributed by atoms with Crippen molar-refractivity contribution in [1.82, 2.24) is 0 Å². The van der Waals surface area contributed by atoms with Crippen molar-refractivity contribution in [3.05, 3.63) is 34.9 Å². The summed E-state index contributed by atoms with van der Waals surface area (Å²) in [5, 5.41) is 1.05. The van der Waals surface area contributed by atoms with Crippen molar-refractivity contribution < 1.29 is 0 Å². The van der Waals surface area contributed by atoms with E-state index in [1.807, 2.05) is 0 Å². The number of hydrogen-bond acceptors (Lipinski definition) is 0. The van der Waals surface area contributed by atoms with Gasteiger partial charge in [-0.15, -0.1) is 0 Å². The molecule has 0 amide bonds. The van der Waals surface area contributed by atoms with Crippen LogP contribution in [-0.2, 0) is 6.42 Å². The van der Waals surface area contributed by atoms with Crippen molar-refractivity contribution in [3.63, 3.8) is 0 Å². The van der Waals surface area contributed by atoms with E-state index in [1.165, 1.54) is 16.7 Å². The number of alkyl halides is 1. The Kier molecular flexibility index (Phi) is 1.82. The first-order chi connectivity index (χ1) is 5.42. The SMILES string of the molecule is BrCCc1cccc2c1C=C2. The van der Waals surface area contributed by atoms with Crippen molar-refractivity contribution >= 4 is 28.1 Å². The molecule has 0 bridgehead atoms. The highest BCUT2D eigenvalue weighted by molar-refractivity contribution is 9.09. The molecule has 0 atom stereocenters. The fraction of sp³-hybridized carbons (Fsp3) is 0.200. The largest absolute Gasteiger partial charge is 0.0924 e. The van der Waals surface area contributed by atoms with Gasteiger partial charge in [0.15, 0.2) is 0 Å². The quantitative estimate of drug-likeness (QED) is 0.666. The molecule has 1 heteroatoms. The summed E-state index contributed by atoms with van der Waals surface area (Å²) in [6.45, 7) is 0. The van der Waals surface area contributed by atoms with Gasteiger partial charge in [-0.2, -0.15) is 0 Å². The second kappa shape index (κ2) is 2.82. The summed E-state index contributed by atoms with van der Waals surface area (Å²) >= 11 is 3.44. The van der Waals surface area contributed by atoms with Gasteiger partial charge in [-0.05, 0) is 23.1 Å². The van der Waals surface area contributed by atoms with Crippen LogP contribution in [0.4, 0.5) is 0 Å². The summed E-state index contributed by atoms with van der Waals surface area (Å²) in [6.07, 6.45) is 5.48. The Morgan fingerprint density at radius 1 is 1.18 bits per heavy atom. The van der Waals surface area contributed by atoms with E-state index < -0.39 is 0 Å². The van der Waals surface area contributed by atoms with Gasteiger partial charge in [0.1, 0.15) is 0 Å². The van der Waals surface area contributed by atoms with Crippen LogP contribution >= 0.6 is 15.9 Å². The number of halogens is 1. The molecule has 0 saturated heterocycles. The van der Waals surface area contributed by atoms with E-state index in [2.05, 4.69) is 46.3 Å². The molecule has 0 spiro atoms. The van der Waals surface area contributed by atoms with Gasteiger partial charge in [0.05, 0.1) is 0 Å². The molecular formula is C10H9Br. The van der Waals surface area contributed by atoms with Crippen molar-refractivity contribution in [2.75, 3.05) is 5.33 Å². The second-order valence-electron chi connectivity index (χ2n) is 2.69. The van der Waals surface area contributed by atoms with E-state index >= 15 is 0 Å². The third kappa shape index (κ3) is 1.14. The van der Waals surface area contributed by atoms with E-state index in [1.54, 1.807) is 0 Å². The second-order valence-corrected chi connectivity index (χ2v) is 3.49. The molecule has 0 nitrogen and oxygen atoms in total. The van der Waals surface area contributed by atoms with Crippen LogP contribution in [0.25, 0.3) is 12.2 Å². The monoisotopic (exact) mass is 208 g/mol. The topological polar surface area (TPSA) is 0 Å². The van der Waals surface area contributed by atoms with Crippen LogP contribution < -0.4 is 0 Å². The van der Waals surface area contributed by atoms with Gasteiger partial charge in [0, 0.05) is 5.33 Å². The zero-order valence-corrected chi connectivity index (χ0v) is 7.76. The lowest BCUT2D eigenvalue weighted by molar-refractivity contribution is 1.15. The zero-order valence-electron chi connectivity index (χ0n) is 6.18. The minimum absolute atomic E-state index is 1.05. The van der Waals surface area contributed by atoms with Crippen LogP contribution in [-0.4, -0.2) is 5.33 Å². The van der Waals surface area contributed by atoms with Gasteiger partial charge in [-0.1, -0.05) is 46.3 Å². The van der Waals surface area contributed by atoms with Gasteiger partial charge < -0.3 is 0 Å². The Bertz CT molecular complexity index is 300. The Hall–Kier alpha value is -0.560. The van der Waals surface area contributed by atoms with E-state index in [0.717, 1.165) is 11.8 Å². The van der Waals surface area contributed by atoms with Crippen LogP contribution in [0.1, 0.15) is 16.7 Å². The molecule has 0 aromatic heterocycles. The maximum absolute atomic E-state index is 3.44. The number of fused-ring (bicyclic) bond motifs is 1. The fourth-order valence-electron chi connectivity index (χ4n) is 1.38. The minimum Gasteiger partial charge on any atom is -0.0924 e. The van der Waals surface area contributed by atoms with Crippen molar-refractivity contribution in [1.29, 1.82) is 0 Å². The van der Waals surface area contributed by atoms with E-state index in [-0.39, 0.29) is 0 Å². The van der Waals surface area contributed by atoms with Gasteiger partial charge in [0.25, 0.3) is 0 Å². The molecule has 11 heavy (non-hydrogen) atoms. The van der Waals surface area contributed by atoms with Crippen LogP contribution in [0.3, 0.4) is 0 Å². The van der Waals surface area contributed by atoms with Crippen molar-refractivity contribution in [2.24, 2.45) is 0 Å². The lowest BCUT2D eigenvalue weighted by atomic mass is 9.92. The van der Waals surface area contributed by atoms with Crippen LogP contribution in [0.15, 0.2) is 18.2 Å². The van der Waals surface area contributed by atoms with Crippen molar-refractivity contribution in [2.45, 2.75) is 6.42 Å². The molecule has 0 heterocycles. The highest BCUT2D eigenvalue weighted by atomic mass is 79.9. The summed E-state index contributed by atoms with van der Waals surface area (Å²) in [5.74, 6) is 0. The average Bonchev–Trinajstić information content (AvgIpc) is 1.94.